The number of rotatable bonds is 5. The van der Waals surface area contributed by atoms with Gasteiger partial charge >= 0.3 is 6.03 Å². The number of methoxy groups -OCH3 is 1. The molecular formula is C22H24ClN5O2. The van der Waals surface area contributed by atoms with E-state index in [0.717, 1.165) is 31.6 Å². The number of amides is 2. The summed E-state index contributed by atoms with van der Waals surface area (Å²) in [5.41, 5.74) is 1.26. The number of urea groups is 1. The number of carbonyl (C=O) groups is 1. The molecule has 156 valence electrons. The van der Waals surface area contributed by atoms with E-state index in [1.807, 2.05) is 35.0 Å². The summed E-state index contributed by atoms with van der Waals surface area (Å²) in [5, 5.41) is 8.09. The van der Waals surface area contributed by atoms with Gasteiger partial charge in [0.25, 0.3) is 0 Å². The molecule has 1 aliphatic rings. The highest BCUT2D eigenvalue weighted by Crippen LogP contribution is 2.32. The Bertz CT molecular complexity index is 998. The van der Waals surface area contributed by atoms with Crippen molar-refractivity contribution < 1.29 is 9.53 Å². The maximum Gasteiger partial charge on any atom is 0.326 e. The SMILES string of the molecule is COc1ccc(Cl)cc1N(Cc1nc2n(n1)CCCCC2)C(=O)Nc1ccccc1. The number of hydrogen-bond donors (Lipinski definition) is 1. The highest BCUT2D eigenvalue weighted by atomic mass is 35.5. The average Bonchev–Trinajstić information content (AvgIpc) is 3.01. The fraction of sp³-hybridized carbons (Fsp3) is 0.318. The van der Waals surface area contributed by atoms with Gasteiger partial charge < -0.3 is 10.1 Å². The van der Waals surface area contributed by atoms with Crippen LogP contribution in [-0.2, 0) is 19.5 Å². The van der Waals surface area contributed by atoms with Crippen LogP contribution in [0.4, 0.5) is 16.2 Å². The Labute approximate surface area is 180 Å². The molecule has 4 rings (SSSR count). The van der Waals surface area contributed by atoms with Gasteiger partial charge in [-0.2, -0.15) is 5.10 Å². The second-order valence-corrected chi connectivity index (χ2v) is 7.61. The van der Waals surface area contributed by atoms with Crippen molar-refractivity contribution in [3.63, 3.8) is 0 Å². The summed E-state index contributed by atoms with van der Waals surface area (Å²) in [4.78, 5) is 19.5. The van der Waals surface area contributed by atoms with E-state index < -0.39 is 0 Å². The van der Waals surface area contributed by atoms with Crippen LogP contribution in [0.2, 0.25) is 5.02 Å². The lowest BCUT2D eigenvalue weighted by Gasteiger charge is -2.24. The smallest absolute Gasteiger partial charge is 0.326 e. The van der Waals surface area contributed by atoms with E-state index >= 15 is 0 Å². The van der Waals surface area contributed by atoms with Gasteiger partial charge in [-0.15, -0.1) is 0 Å². The third kappa shape index (κ3) is 4.57. The lowest BCUT2D eigenvalue weighted by atomic mass is 10.2. The van der Waals surface area contributed by atoms with E-state index in [1.54, 1.807) is 30.2 Å². The van der Waals surface area contributed by atoms with Crippen molar-refractivity contribution in [2.75, 3.05) is 17.3 Å². The minimum Gasteiger partial charge on any atom is -0.495 e. The van der Waals surface area contributed by atoms with E-state index in [2.05, 4.69) is 10.4 Å². The molecule has 30 heavy (non-hydrogen) atoms. The third-order valence-electron chi connectivity index (χ3n) is 5.06. The fourth-order valence-electron chi connectivity index (χ4n) is 3.57. The van der Waals surface area contributed by atoms with Gasteiger partial charge in [0.15, 0.2) is 5.82 Å². The van der Waals surface area contributed by atoms with Crippen LogP contribution >= 0.6 is 11.6 Å². The van der Waals surface area contributed by atoms with Gasteiger partial charge in [0.2, 0.25) is 0 Å². The van der Waals surface area contributed by atoms with E-state index in [-0.39, 0.29) is 12.6 Å². The van der Waals surface area contributed by atoms with Gasteiger partial charge in [-0.3, -0.25) is 4.90 Å². The molecule has 0 aliphatic carbocycles. The molecule has 2 heterocycles. The Morgan fingerprint density at radius 2 is 2.03 bits per heavy atom. The van der Waals surface area contributed by atoms with Crippen molar-refractivity contribution in [2.45, 2.75) is 38.8 Å². The summed E-state index contributed by atoms with van der Waals surface area (Å²) in [7, 11) is 1.57. The van der Waals surface area contributed by atoms with Crippen LogP contribution < -0.4 is 15.0 Å². The van der Waals surface area contributed by atoms with Crippen LogP contribution in [-0.4, -0.2) is 27.9 Å². The predicted octanol–water partition coefficient (Wildman–Crippen LogP) is 4.91. The number of halogens is 1. The fourth-order valence-corrected chi connectivity index (χ4v) is 3.74. The Balaban J connectivity index is 1.67. The molecule has 0 atom stereocenters. The predicted molar refractivity (Wildman–Crippen MR) is 117 cm³/mol. The van der Waals surface area contributed by atoms with Crippen molar-refractivity contribution >= 4 is 29.0 Å². The number of aryl methyl sites for hydroxylation is 2. The maximum atomic E-state index is 13.2. The van der Waals surface area contributed by atoms with Gasteiger partial charge in [0.05, 0.1) is 19.3 Å². The van der Waals surface area contributed by atoms with Gasteiger partial charge in [-0.25, -0.2) is 14.5 Å². The molecule has 0 unspecified atom stereocenters. The van der Waals surface area contributed by atoms with E-state index in [1.165, 1.54) is 6.42 Å². The van der Waals surface area contributed by atoms with Crippen LogP contribution in [0.25, 0.3) is 0 Å². The lowest BCUT2D eigenvalue weighted by Crippen LogP contribution is -2.35. The standard InChI is InChI=1S/C22H24ClN5O2/c1-30-19-12-11-16(23)14-18(19)27(22(29)24-17-8-4-2-5-9-17)15-20-25-21-10-6-3-7-13-28(21)26-20/h2,4-5,8-9,11-12,14H,3,6-7,10,13,15H2,1H3,(H,24,29). The monoisotopic (exact) mass is 425 g/mol. The number of fused-ring (bicyclic) bond motifs is 1. The van der Waals surface area contributed by atoms with Gasteiger partial charge in [-0.1, -0.05) is 36.2 Å². The Hall–Kier alpha value is -3.06. The number of ether oxygens (including phenoxy) is 1. The summed E-state index contributed by atoms with van der Waals surface area (Å²) in [5.74, 6) is 2.12. The molecule has 0 radical (unpaired) electrons. The molecule has 1 N–H and O–H groups in total. The van der Waals surface area contributed by atoms with Crippen LogP contribution in [0.3, 0.4) is 0 Å². The van der Waals surface area contributed by atoms with Crippen LogP contribution in [0, 0.1) is 0 Å². The zero-order chi connectivity index (χ0) is 20.9. The first kappa shape index (κ1) is 20.2. The third-order valence-corrected chi connectivity index (χ3v) is 5.30. The highest BCUT2D eigenvalue weighted by Gasteiger charge is 2.23. The maximum absolute atomic E-state index is 13.2. The number of anilines is 2. The van der Waals surface area contributed by atoms with Crippen molar-refractivity contribution in [1.29, 1.82) is 0 Å². The van der Waals surface area contributed by atoms with E-state index in [4.69, 9.17) is 21.3 Å². The Kier molecular flexibility index (Phi) is 6.18. The number of aromatic nitrogens is 3. The first-order chi connectivity index (χ1) is 14.6. The molecule has 3 aromatic rings. The summed E-state index contributed by atoms with van der Waals surface area (Å²) in [6.45, 7) is 1.06. The quantitative estimate of drug-likeness (QED) is 0.630. The van der Waals surface area contributed by atoms with E-state index in [0.29, 0.717) is 28.0 Å². The number of carbonyl (C=O) groups excluding carboxylic acids is 1. The molecule has 0 saturated heterocycles. The zero-order valence-corrected chi connectivity index (χ0v) is 17.6. The molecule has 1 aliphatic heterocycles. The first-order valence-electron chi connectivity index (χ1n) is 10.0. The largest absolute Gasteiger partial charge is 0.495 e. The minimum absolute atomic E-state index is 0.204. The molecular weight excluding hydrogens is 402 g/mol. The molecule has 2 aromatic carbocycles. The minimum atomic E-state index is -0.313. The van der Waals surface area contributed by atoms with Crippen molar-refractivity contribution in [1.82, 2.24) is 14.8 Å². The van der Waals surface area contributed by atoms with E-state index in [9.17, 15) is 4.79 Å². The Morgan fingerprint density at radius 3 is 2.83 bits per heavy atom. The van der Waals surface area contributed by atoms with Crippen molar-refractivity contribution in [2.24, 2.45) is 0 Å². The molecule has 7 nitrogen and oxygen atoms in total. The topological polar surface area (TPSA) is 72.3 Å². The number of nitrogens with zero attached hydrogens (tertiary/aromatic N) is 4. The molecule has 0 saturated carbocycles. The highest BCUT2D eigenvalue weighted by molar-refractivity contribution is 6.31. The Morgan fingerprint density at radius 1 is 1.20 bits per heavy atom. The van der Waals surface area contributed by atoms with Gasteiger partial charge in [-0.05, 0) is 43.2 Å². The zero-order valence-electron chi connectivity index (χ0n) is 16.8. The summed E-state index contributed by atoms with van der Waals surface area (Å²) in [6, 6.07) is 14.2. The second kappa shape index (κ2) is 9.17. The molecule has 0 spiro atoms. The number of nitrogens with one attached hydrogen (secondary N) is 1. The molecule has 2 amide bonds. The first-order valence-corrected chi connectivity index (χ1v) is 10.4. The average molecular weight is 426 g/mol. The van der Waals surface area contributed by atoms with Crippen LogP contribution in [0.1, 0.15) is 30.9 Å². The molecule has 1 aromatic heterocycles. The molecule has 0 fully saturated rings. The number of hydrogen-bond acceptors (Lipinski definition) is 4. The van der Waals surface area contributed by atoms with Crippen LogP contribution in [0.15, 0.2) is 48.5 Å². The summed E-state index contributed by atoms with van der Waals surface area (Å²) in [6.07, 6.45) is 4.30. The van der Waals surface area contributed by atoms with Crippen molar-refractivity contribution in [3.05, 3.63) is 65.2 Å². The molecule has 0 bridgehead atoms. The number of para-hydroxylation sites is 1. The van der Waals surface area contributed by atoms with Gasteiger partial charge in [0, 0.05) is 23.7 Å². The molecule has 8 heteroatoms. The number of benzene rings is 2. The lowest BCUT2D eigenvalue weighted by molar-refractivity contribution is 0.256. The normalized spacial score (nSPS) is 13.3. The van der Waals surface area contributed by atoms with Crippen LogP contribution in [0.5, 0.6) is 5.75 Å². The summed E-state index contributed by atoms with van der Waals surface area (Å²) >= 11 is 6.24. The second-order valence-electron chi connectivity index (χ2n) is 7.18. The van der Waals surface area contributed by atoms with Crippen molar-refractivity contribution in [3.8, 4) is 5.75 Å². The van der Waals surface area contributed by atoms with Gasteiger partial charge in [0.1, 0.15) is 11.6 Å². The summed E-state index contributed by atoms with van der Waals surface area (Å²) < 4.78 is 7.45.